The first-order valence-corrected chi connectivity index (χ1v) is 11.6. The Morgan fingerprint density at radius 2 is 1.86 bits per heavy atom. The van der Waals surface area contributed by atoms with Gasteiger partial charge in [-0.15, -0.1) is 11.8 Å². The second kappa shape index (κ2) is 11.2. The molecule has 1 aromatic heterocycles. The molecule has 1 aliphatic rings. The van der Waals surface area contributed by atoms with Gasteiger partial charge in [0.05, 0.1) is 11.5 Å². The number of amides is 2. The number of carbonyl (C=O) groups is 2. The smallest absolute Gasteiger partial charge is 0.234 e. The van der Waals surface area contributed by atoms with E-state index in [4.69, 9.17) is 0 Å². The van der Waals surface area contributed by atoms with Crippen molar-refractivity contribution in [3.8, 4) is 0 Å². The molecule has 0 aliphatic carbocycles. The molecule has 1 aromatic carbocycles. The number of nitrogens with one attached hydrogen (secondary N) is 2. The number of anilines is 2. The number of nitrogens with zero attached hydrogens (tertiary/aromatic N) is 2. The zero-order chi connectivity index (χ0) is 20.5. The highest BCUT2D eigenvalue weighted by molar-refractivity contribution is 9.10. The SMILES string of the molecule is O=C(CSCC(=O)Nc1cccc(Br)c1)NCc1ccc(N2CCCCC2)nc1. The van der Waals surface area contributed by atoms with E-state index < -0.39 is 0 Å². The number of halogens is 1. The maximum Gasteiger partial charge on any atom is 0.234 e. The first-order chi connectivity index (χ1) is 14.1. The lowest BCUT2D eigenvalue weighted by atomic mass is 10.1. The van der Waals surface area contributed by atoms with E-state index in [2.05, 4.69) is 36.4 Å². The van der Waals surface area contributed by atoms with Crippen LogP contribution in [0.25, 0.3) is 0 Å². The number of thioether (sulfide) groups is 1. The van der Waals surface area contributed by atoms with Crippen molar-refractivity contribution in [2.45, 2.75) is 25.8 Å². The Hall–Kier alpha value is -2.06. The van der Waals surface area contributed by atoms with Gasteiger partial charge in [-0.05, 0) is 49.1 Å². The normalized spacial score (nSPS) is 13.8. The maximum absolute atomic E-state index is 12.0. The molecular weight excluding hydrogens is 452 g/mol. The first-order valence-electron chi connectivity index (χ1n) is 9.70. The second-order valence-corrected chi connectivity index (χ2v) is 8.80. The molecule has 8 heteroatoms. The van der Waals surface area contributed by atoms with Crippen molar-refractivity contribution in [1.82, 2.24) is 10.3 Å². The third-order valence-corrected chi connectivity index (χ3v) is 5.98. The summed E-state index contributed by atoms with van der Waals surface area (Å²) in [6.45, 7) is 2.57. The molecular formula is C21H25BrN4O2S. The van der Waals surface area contributed by atoms with E-state index in [9.17, 15) is 9.59 Å². The predicted octanol–water partition coefficient (Wildman–Crippen LogP) is 3.82. The topological polar surface area (TPSA) is 74.3 Å². The molecule has 6 nitrogen and oxygen atoms in total. The molecule has 0 radical (unpaired) electrons. The lowest BCUT2D eigenvalue weighted by Crippen LogP contribution is -2.30. The van der Waals surface area contributed by atoms with Gasteiger partial charge < -0.3 is 15.5 Å². The molecule has 2 amide bonds. The van der Waals surface area contributed by atoms with Crippen molar-refractivity contribution >= 4 is 51.0 Å². The molecule has 29 heavy (non-hydrogen) atoms. The van der Waals surface area contributed by atoms with Crippen LogP contribution in [0.3, 0.4) is 0 Å². The Bertz CT molecular complexity index is 826. The number of hydrogen-bond acceptors (Lipinski definition) is 5. The number of aromatic nitrogens is 1. The van der Waals surface area contributed by atoms with Crippen LogP contribution in [-0.4, -0.2) is 41.4 Å². The van der Waals surface area contributed by atoms with Crippen LogP contribution in [0.15, 0.2) is 47.1 Å². The molecule has 0 bridgehead atoms. The summed E-state index contributed by atoms with van der Waals surface area (Å²) in [5.74, 6) is 1.26. The quantitative estimate of drug-likeness (QED) is 0.605. The predicted molar refractivity (Wildman–Crippen MR) is 122 cm³/mol. The molecule has 3 rings (SSSR count). The number of rotatable bonds is 8. The third-order valence-electron chi connectivity index (χ3n) is 4.55. The standard InChI is InChI=1S/C21H25BrN4O2S/c22-17-5-4-6-18(11-17)25-21(28)15-29-14-20(27)24-13-16-7-8-19(23-12-16)26-9-2-1-3-10-26/h4-8,11-12H,1-3,9-10,13-15H2,(H,24,27)(H,25,28). The van der Waals surface area contributed by atoms with Gasteiger partial charge in [-0.2, -0.15) is 0 Å². The average molecular weight is 477 g/mol. The molecule has 0 saturated carbocycles. The Morgan fingerprint density at radius 3 is 2.59 bits per heavy atom. The van der Waals surface area contributed by atoms with Crippen LogP contribution in [0.5, 0.6) is 0 Å². The minimum absolute atomic E-state index is 0.0923. The fourth-order valence-corrected chi connectivity index (χ4v) is 4.13. The van der Waals surface area contributed by atoms with Crippen LogP contribution in [0.1, 0.15) is 24.8 Å². The van der Waals surface area contributed by atoms with E-state index >= 15 is 0 Å². The van der Waals surface area contributed by atoms with Gasteiger partial charge in [0, 0.05) is 36.0 Å². The van der Waals surface area contributed by atoms with Crippen molar-refractivity contribution in [2.24, 2.45) is 0 Å². The Kier molecular flexibility index (Phi) is 8.37. The van der Waals surface area contributed by atoms with Crippen molar-refractivity contribution in [2.75, 3.05) is 34.8 Å². The van der Waals surface area contributed by atoms with Gasteiger partial charge in [0.25, 0.3) is 0 Å². The summed E-state index contributed by atoms with van der Waals surface area (Å²) in [6.07, 6.45) is 5.56. The summed E-state index contributed by atoms with van der Waals surface area (Å²) in [6, 6.07) is 11.4. The molecule has 1 saturated heterocycles. The fraction of sp³-hybridized carbons (Fsp3) is 0.381. The van der Waals surface area contributed by atoms with E-state index in [-0.39, 0.29) is 23.3 Å². The van der Waals surface area contributed by atoms with Gasteiger partial charge in [-0.25, -0.2) is 4.98 Å². The highest BCUT2D eigenvalue weighted by Gasteiger charge is 2.12. The van der Waals surface area contributed by atoms with Crippen LogP contribution >= 0.6 is 27.7 Å². The average Bonchev–Trinajstić information content (AvgIpc) is 2.73. The highest BCUT2D eigenvalue weighted by Crippen LogP contribution is 2.18. The van der Waals surface area contributed by atoms with Crippen molar-refractivity contribution in [1.29, 1.82) is 0 Å². The van der Waals surface area contributed by atoms with Gasteiger partial charge in [0.2, 0.25) is 11.8 Å². The van der Waals surface area contributed by atoms with Crippen LogP contribution in [-0.2, 0) is 16.1 Å². The zero-order valence-electron chi connectivity index (χ0n) is 16.2. The number of hydrogen-bond donors (Lipinski definition) is 2. The summed E-state index contributed by atoms with van der Waals surface area (Å²) in [7, 11) is 0. The van der Waals surface area contributed by atoms with E-state index in [0.717, 1.165) is 34.6 Å². The Morgan fingerprint density at radius 1 is 1.07 bits per heavy atom. The second-order valence-electron chi connectivity index (χ2n) is 6.90. The number of carbonyl (C=O) groups excluding carboxylic acids is 2. The van der Waals surface area contributed by atoms with Crippen molar-refractivity contribution in [3.05, 3.63) is 52.6 Å². The molecule has 0 atom stereocenters. The monoisotopic (exact) mass is 476 g/mol. The lowest BCUT2D eigenvalue weighted by molar-refractivity contribution is -0.118. The third kappa shape index (κ3) is 7.36. The summed E-state index contributed by atoms with van der Waals surface area (Å²) in [4.78, 5) is 30.8. The molecule has 2 N–H and O–H groups in total. The van der Waals surface area contributed by atoms with Gasteiger partial charge >= 0.3 is 0 Å². The Balaban J connectivity index is 1.33. The van der Waals surface area contributed by atoms with Gasteiger partial charge in [0.1, 0.15) is 5.82 Å². The van der Waals surface area contributed by atoms with Gasteiger partial charge in [0.15, 0.2) is 0 Å². The van der Waals surface area contributed by atoms with E-state index in [1.807, 2.05) is 42.6 Å². The highest BCUT2D eigenvalue weighted by atomic mass is 79.9. The minimum Gasteiger partial charge on any atom is -0.357 e. The molecule has 1 fully saturated rings. The molecule has 2 heterocycles. The summed E-state index contributed by atoms with van der Waals surface area (Å²) >= 11 is 4.66. The maximum atomic E-state index is 12.0. The molecule has 1 aliphatic heterocycles. The summed E-state index contributed by atoms with van der Waals surface area (Å²) in [5.41, 5.74) is 1.70. The largest absolute Gasteiger partial charge is 0.357 e. The molecule has 2 aromatic rings. The molecule has 0 spiro atoms. The molecule has 154 valence electrons. The van der Waals surface area contributed by atoms with E-state index in [1.165, 1.54) is 31.0 Å². The van der Waals surface area contributed by atoms with Crippen LogP contribution in [0.2, 0.25) is 0 Å². The lowest BCUT2D eigenvalue weighted by Gasteiger charge is -2.27. The first kappa shape index (κ1) is 21.6. The van der Waals surface area contributed by atoms with Crippen molar-refractivity contribution in [3.63, 3.8) is 0 Å². The zero-order valence-corrected chi connectivity index (χ0v) is 18.6. The van der Waals surface area contributed by atoms with E-state index in [0.29, 0.717) is 6.54 Å². The van der Waals surface area contributed by atoms with Crippen LogP contribution < -0.4 is 15.5 Å². The molecule has 0 unspecified atom stereocenters. The minimum atomic E-state index is -0.126. The number of pyridine rings is 1. The summed E-state index contributed by atoms with van der Waals surface area (Å²) < 4.78 is 0.904. The fourth-order valence-electron chi connectivity index (χ4n) is 3.08. The van der Waals surface area contributed by atoms with Crippen LogP contribution in [0, 0.1) is 0 Å². The van der Waals surface area contributed by atoms with Crippen LogP contribution in [0.4, 0.5) is 11.5 Å². The van der Waals surface area contributed by atoms with Crippen molar-refractivity contribution < 1.29 is 9.59 Å². The number of piperidine rings is 1. The summed E-state index contributed by atoms with van der Waals surface area (Å²) in [5, 5.41) is 5.69. The van der Waals surface area contributed by atoms with Gasteiger partial charge in [-0.1, -0.05) is 28.1 Å². The van der Waals surface area contributed by atoms with Gasteiger partial charge in [-0.3, -0.25) is 9.59 Å². The number of benzene rings is 1. The Labute approximate surface area is 184 Å². The van der Waals surface area contributed by atoms with E-state index in [1.54, 1.807) is 0 Å².